The van der Waals surface area contributed by atoms with Gasteiger partial charge in [-0.15, -0.1) is 0 Å². The van der Waals surface area contributed by atoms with Crippen LogP contribution in [0.25, 0.3) is 5.57 Å². The zero-order valence-corrected chi connectivity index (χ0v) is 24.7. The van der Waals surface area contributed by atoms with E-state index in [1.807, 2.05) is 24.4 Å². The van der Waals surface area contributed by atoms with Crippen molar-refractivity contribution in [3.63, 3.8) is 0 Å². The summed E-state index contributed by atoms with van der Waals surface area (Å²) < 4.78 is 0. The predicted octanol–water partition coefficient (Wildman–Crippen LogP) is 8.39. The van der Waals surface area contributed by atoms with Crippen molar-refractivity contribution in [2.75, 3.05) is 25.5 Å². The first-order valence-electron chi connectivity index (χ1n) is 14.0. The van der Waals surface area contributed by atoms with Gasteiger partial charge >= 0.3 is 0 Å². The number of nitrogens with one attached hydrogen (secondary N) is 1. The maximum atomic E-state index is 11.6. The van der Waals surface area contributed by atoms with E-state index in [-0.39, 0.29) is 5.78 Å². The van der Waals surface area contributed by atoms with E-state index in [9.17, 15) is 4.79 Å². The van der Waals surface area contributed by atoms with Gasteiger partial charge in [-0.1, -0.05) is 62.1 Å². The monoisotopic (exact) mass is 523 g/mol. The molecular formula is C35H45N3O. The number of rotatable bonds is 11. The van der Waals surface area contributed by atoms with Crippen molar-refractivity contribution in [2.24, 2.45) is 4.99 Å². The Morgan fingerprint density at radius 1 is 1.10 bits per heavy atom. The van der Waals surface area contributed by atoms with Gasteiger partial charge in [0.1, 0.15) is 0 Å². The van der Waals surface area contributed by atoms with Crippen LogP contribution < -0.4 is 5.32 Å². The van der Waals surface area contributed by atoms with Crippen LogP contribution in [0.2, 0.25) is 0 Å². The lowest BCUT2D eigenvalue weighted by molar-refractivity contribution is 0.101. The van der Waals surface area contributed by atoms with Crippen LogP contribution in [0.5, 0.6) is 0 Å². The Morgan fingerprint density at radius 3 is 2.31 bits per heavy atom. The molecule has 0 spiro atoms. The Kier molecular flexibility index (Phi) is 10.8. The molecule has 206 valence electrons. The average molecular weight is 524 g/mol. The van der Waals surface area contributed by atoms with Crippen LogP contribution in [-0.4, -0.2) is 43.1 Å². The van der Waals surface area contributed by atoms with Crippen LogP contribution in [0.3, 0.4) is 0 Å². The Hall–Kier alpha value is -3.50. The minimum absolute atomic E-state index is 0.122. The number of piperidine rings is 1. The number of carbonyl (C=O) groups is 1. The van der Waals surface area contributed by atoms with Crippen LogP contribution in [0.4, 0.5) is 5.69 Å². The van der Waals surface area contributed by atoms with E-state index < -0.39 is 0 Å². The molecule has 1 aliphatic rings. The number of ketones is 1. The topological polar surface area (TPSA) is 44.7 Å². The Bertz CT molecular complexity index is 1270. The molecule has 1 heterocycles. The third-order valence-corrected chi connectivity index (χ3v) is 7.94. The zero-order valence-electron chi connectivity index (χ0n) is 24.7. The van der Waals surface area contributed by atoms with Crippen LogP contribution >= 0.6 is 0 Å². The molecule has 4 nitrogen and oxygen atoms in total. The van der Waals surface area contributed by atoms with Gasteiger partial charge < -0.3 is 5.32 Å². The third-order valence-electron chi connectivity index (χ3n) is 7.94. The molecule has 39 heavy (non-hydrogen) atoms. The number of Topliss-reactive ketones (excluding diaryl/α,β-unsaturated/α-hetero) is 1. The first-order valence-corrected chi connectivity index (χ1v) is 14.0. The lowest BCUT2D eigenvalue weighted by atomic mass is 9.87. The van der Waals surface area contributed by atoms with Gasteiger partial charge in [0.15, 0.2) is 5.78 Å². The molecule has 0 bridgehead atoms. The lowest BCUT2D eigenvalue weighted by Gasteiger charge is -2.37. The summed E-state index contributed by atoms with van der Waals surface area (Å²) in [5.74, 6) is 0.670. The lowest BCUT2D eigenvalue weighted by Crippen LogP contribution is -2.40. The number of likely N-dealkylation sites (tertiary alicyclic amines) is 1. The van der Waals surface area contributed by atoms with Gasteiger partial charge in [0.2, 0.25) is 0 Å². The van der Waals surface area contributed by atoms with Crippen LogP contribution in [0, 0.1) is 6.92 Å². The summed E-state index contributed by atoms with van der Waals surface area (Å²) in [5, 5.41) is 3.41. The van der Waals surface area contributed by atoms with E-state index in [1.54, 1.807) is 14.0 Å². The maximum absolute atomic E-state index is 11.6. The van der Waals surface area contributed by atoms with Gasteiger partial charge in [0, 0.05) is 36.3 Å². The van der Waals surface area contributed by atoms with Crippen molar-refractivity contribution in [2.45, 2.75) is 65.8 Å². The molecule has 0 radical (unpaired) electrons. The summed E-state index contributed by atoms with van der Waals surface area (Å²) in [5.41, 5.74) is 9.87. The summed E-state index contributed by atoms with van der Waals surface area (Å²) in [4.78, 5) is 18.4. The number of hydrogen-bond acceptors (Lipinski definition) is 4. The number of aryl methyl sites for hydroxylation is 1. The van der Waals surface area contributed by atoms with E-state index >= 15 is 0 Å². The van der Waals surface area contributed by atoms with Gasteiger partial charge in [0.25, 0.3) is 0 Å². The normalized spacial score (nSPS) is 16.4. The molecule has 2 aromatic rings. The van der Waals surface area contributed by atoms with Gasteiger partial charge in [-0.05, 0) is 112 Å². The van der Waals surface area contributed by atoms with E-state index in [1.165, 1.54) is 16.7 Å². The quantitative estimate of drug-likeness (QED) is 0.183. The third kappa shape index (κ3) is 8.00. The first-order chi connectivity index (χ1) is 18.6. The van der Waals surface area contributed by atoms with Crippen LogP contribution in [0.1, 0.15) is 79.9 Å². The number of nitrogens with zero attached hydrogens (tertiary/aromatic N) is 2. The molecule has 1 aliphatic heterocycles. The molecule has 1 N–H and O–H groups in total. The van der Waals surface area contributed by atoms with E-state index in [0.29, 0.717) is 12.0 Å². The van der Waals surface area contributed by atoms with E-state index in [2.05, 4.69) is 92.5 Å². The van der Waals surface area contributed by atoms with Gasteiger partial charge in [-0.25, -0.2) is 0 Å². The molecule has 0 aromatic heterocycles. The smallest absolute Gasteiger partial charge is 0.159 e. The minimum atomic E-state index is 0.122. The molecule has 1 saturated heterocycles. The fraction of sp³-hybridized carbons (Fsp3) is 0.371. The largest absolute Gasteiger partial charge is 0.359 e. The Labute approximate surface area is 235 Å². The number of aliphatic imine (C=N–C) groups is 1. The van der Waals surface area contributed by atoms with Crippen molar-refractivity contribution in [3.05, 3.63) is 107 Å². The number of benzene rings is 2. The fourth-order valence-corrected chi connectivity index (χ4v) is 5.16. The summed E-state index contributed by atoms with van der Waals surface area (Å²) in [6.45, 7) is 21.0. The van der Waals surface area contributed by atoms with Gasteiger partial charge in [0.05, 0.1) is 0 Å². The molecule has 3 rings (SSSR count). The van der Waals surface area contributed by atoms with Gasteiger partial charge in [-0.3, -0.25) is 14.7 Å². The van der Waals surface area contributed by atoms with Gasteiger partial charge in [-0.2, -0.15) is 0 Å². The highest BCUT2D eigenvalue weighted by atomic mass is 16.1. The number of allylic oxidation sites excluding steroid dienone is 5. The average Bonchev–Trinajstić information content (AvgIpc) is 2.94. The SMILES string of the molecule is C=C(CC)Nc1ccc(/C(=C/C=NC)C(=C)/C=C(\C)C(C)N2CCC(c3ccc(C(C)=O)cc3)CC2)cc1C. The van der Waals surface area contributed by atoms with Crippen molar-refractivity contribution < 1.29 is 4.79 Å². The Morgan fingerprint density at radius 2 is 1.74 bits per heavy atom. The highest BCUT2D eigenvalue weighted by molar-refractivity contribution is 5.94. The number of anilines is 1. The fourth-order valence-electron chi connectivity index (χ4n) is 5.16. The number of carbonyl (C=O) groups excluding carboxylic acids is 1. The van der Waals surface area contributed by atoms with E-state index in [0.717, 1.165) is 66.0 Å². The van der Waals surface area contributed by atoms with Crippen molar-refractivity contribution in [1.29, 1.82) is 0 Å². The summed E-state index contributed by atoms with van der Waals surface area (Å²) in [7, 11) is 1.79. The standard InChI is InChI=1S/C35H45N3O/c1-9-27(5)37-35-15-14-33(23-26(35)4)34(16-19-36-8)25(3)22-24(2)28(6)38-20-17-32(18-21-38)31-12-10-30(11-13-31)29(7)39/h10-16,19,22-23,28,32,37H,3,5,9,17-18,20-21H2,1-2,4,6-8H3/b24-22+,34-16+,36-19?. The zero-order chi connectivity index (χ0) is 28.5. The minimum Gasteiger partial charge on any atom is -0.359 e. The first kappa shape index (κ1) is 30.0. The molecule has 0 saturated carbocycles. The second-order valence-corrected chi connectivity index (χ2v) is 10.7. The highest BCUT2D eigenvalue weighted by Gasteiger charge is 2.24. The molecule has 1 fully saturated rings. The van der Waals surface area contributed by atoms with Crippen molar-refractivity contribution >= 4 is 23.3 Å². The number of hydrogen-bond donors (Lipinski definition) is 1. The second-order valence-electron chi connectivity index (χ2n) is 10.7. The summed E-state index contributed by atoms with van der Waals surface area (Å²) >= 11 is 0. The summed E-state index contributed by atoms with van der Waals surface area (Å²) in [6.07, 6.45) is 9.26. The molecule has 0 aliphatic carbocycles. The highest BCUT2D eigenvalue weighted by Crippen LogP contribution is 2.32. The molecule has 4 heteroatoms. The second kappa shape index (κ2) is 14.0. The molecule has 1 atom stereocenters. The molecule has 2 aromatic carbocycles. The summed E-state index contributed by atoms with van der Waals surface area (Å²) in [6, 6.07) is 15.0. The predicted molar refractivity (Wildman–Crippen MR) is 169 cm³/mol. The molecular weight excluding hydrogens is 478 g/mol. The van der Waals surface area contributed by atoms with E-state index in [4.69, 9.17) is 0 Å². The van der Waals surface area contributed by atoms with Crippen molar-refractivity contribution in [1.82, 2.24) is 4.90 Å². The Balaban J connectivity index is 1.70. The molecule has 1 unspecified atom stereocenters. The maximum Gasteiger partial charge on any atom is 0.159 e. The van der Waals surface area contributed by atoms with Crippen LogP contribution in [-0.2, 0) is 0 Å². The molecule has 0 amide bonds. The van der Waals surface area contributed by atoms with Crippen molar-refractivity contribution in [3.8, 4) is 0 Å². The van der Waals surface area contributed by atoms with Crippen LogP contribution in [0.15, 0.2) is 89.6 Å².